The highest BCUT2D eigenvalue weighted by atomic mass is 19.1. The van der Waals surface area contributed by atoms with E-state index < -0.39 is 35.4 Å². The number of ketones is 1. The summed E-state index contributed by atoms with van der Waals surface area (Å²) in [4.78, 5) is 56.8. The van der Waals surface area contributed by atoms with Gasteiger partial charge < -0.3 is 14.7 Å². The number of hydrogen-bond donors (Lipinski definition) is 1. The summed E-state index contributed by atoms with van der Waals surface area (Å²) in [5.74, 6) is -3.46. The van der Waals surface area contributed by atoms with Gasteiger partial charge in [0.25, 0.3) is 17.6 Å². The van der Waals surface area contributed by atoms with Crippen molar-refractivity contribution < 1.29 is 28.1 Å². The minimum absolute atomic E-state index is 0.0297. The van der Waals surface area contributed by atoms with E-state index in [2.05, 4.69) is 15.5 Å². The number of carbonyl (C=O) groups is 4. The molecule has 2 aromatic rings. The van der Waals surface area contributed by atoms with Crippen LogP contribution in [-0.2, 0) is 20.9 Å². The number of aromatic nitrogens is 1. The Hall–Kier alpha value is -4.41. The van der Waals surface area contributed by atoms with Crippen LogP contribution in [0.2, 0.25) is 0 Å². The topological polar surface area (TPSA) is 125 Å². The average Bonchev–Trinajstić information content (AvgIpc) is 3.36. The molecule has 1 unspecified atom stereocenters. The van der Waals surface area contributed by atoms with Gasteiger partial charge in [0.05, 0.1) is 6.20 Å². The van der Waals surface area contributed by atoms with Crippen molar-refractivity contribution in [3.63, 3.8) is 0 Å². The Morgan fingerprint density at radius 1 is 1.21 bits per heavy atom. The Bertz CT molecular complexity index is 1200. The first-order valence-corrected chi connectivity index (χ1v) is 9.99. The van der Waals surface area contributed by atoms with Crippen LogP contribution >= 0.6 is 0 Å². The van der Waals surface area contributed by atoms with Gasteiger partial charge in [0.15, 0.2) is 6.04 Å². The number of aliphatic imine (C=N–C) groups is 1. The molecule has 33 heavy (non-hydrogen) atoms. The molecule has 1 aromatic heterocycles. The van der Waals surface area contributed by atoms with Crippen LogP contribution < -0.4 is 5.32 Å². The second-order valence-corrected chi connectivity index (χ2v) is 7.08. The zero-order valence-electron chi connectivity index (χ0n) is 17.4. The first kappa shape index (κ1) is 21.8. The van der Waals surface area contributed by atoms with E-state index >= 15 is 0 Å². The molecule has 4 rings (SSSR count). The van der Waals surface area contributed by atoms with Gasteiger partial charge in [-0.15, -0.1) is 0 Å². The van der Waals surface area contributed by atoms with Gasteiger partial charge >= 0.3 is 5.91 Å². The average molecular weight is 451 g/mol. The summed E-state index contributed by atoms with van der Waals surface area (Å²) in [7, 11) is 0. The van der Waals surface area contributed by atoms with E-state index in [4.69, 9.17) is 4.52 Å². The number of allylic oxidation sites excluding steroid dienone is 1. The van der Waals surface area contributed by atoms with Crippen LogP contribution in [0, 0.1) is 5.82 Å². The molecular formula is C22H18FN5O5. The third kappa shape index (κ3) is 4.33. The minimum Gasteiger partial charge on any atom is -0.351 e. The number of hydrogen-bond acceptors (Lipinski definition) is 7. The predicted molar refractivity (Wildman–Crippen MR) is 112 cm³/mol. The zero-order chi connectivity index (χ0) is 23.5. The number of halogens is 1. The molecule has 3 amide bonds. The molecule has 0 aliphatic carbocycles. The number of rotatable bonds is 6. The van der Waals surface area contributed by atoms with Crippen LogP contribution in [0.4, 0.5) is 4.39 Å². The fraction of sp³-hybridized carbons (Fsp3) is 0.182. The van der Waals surface area contributed by atoms with Crippen molar-refractivity contribution in [1.82, 2.24) is 20.3 Å². The maximum Gasteiger partial charge on any atom is 0.302 e. The lowest BCUT2D eigenvalue weighted by Gasteiger charge is -2.30. The number of nitrogens with one attached hydrogen (secondary N) is 1. The molecule has 2 aliphatic rings. The molecule has 10 nitrogen and oxygen atoms in total. The third-order valence-corrected chi connectivity index (χ3v) is 5.01. The number of amidine groups is 1. The number of nitrogens with zero attached hydrogens (tertiary/aromatic N) is 4. The molecule has 168 valence electrons. The van der Waals surface area contributed by atoms with Crippen LogP contribution in [0.5, 0.6) is 0 Å². The van der Waals surface area contributed by atoms with Gasteiger partial charge in [-0.1, -0.05) is 17.3 Å². The molecule has 11 heteroatoms. The minimum atomic E-state index is -1.58. The van der Waals surface area contributed by atoms with Crippen molar-refractivity contribution in [3.8, 4) is 0 Å². The van der Waals surface area contributed by atoms with Crippen molar-refractivity contribution in [2.75, 3.05) is 6.54 Å². The van der Waals surface area contributed by atoms with E-state index in [9.17, 15) is 23.6 Å². The lowest BCUT2D eigenvalue weighted by Crippen LogP contribution is -2.52. The molecule has 0 fully saturated rings. The third-order valence-electron chi connectivity index (χ3n) is 5.01. The highest BCUT2D eigenvalue weighted by Crippen LogP contribution is 2.21. The summed E-state index contributed by atoms with van der Waals surface area (Å²) in [5.41, 5.74) is 1.00. The summed E-state index contributed by atoms with van der Waals surface area (Å²) in [6.45, 7) is 2.05. The van der Waals surface area contributed by atoms with Crippen LogP contribution in [0.1, 0.15) is 23.0 Å². The summed E-state index contributed by atoms with van der Waals surface area (Å²) >= 11 is 0. The van der Waals surface area contributed by atoms with Crippen molar-refractivity contribution >= 4 is 29.3 Å². The maximum atomic E-state index is 13.0. The number of likely N-dealkylation sites (N-methyl/N-ethyl adjacent to an activating group) is 1. The summed E-state index contributed by atoms with van der Waals surface area (Å²) in [5, 5.41) is 6.06. The SMILES string of the molecule is CCN(C(=O)c1ccno1)C1=CC2=NC(C(=O)NCc3ccc(F)cc3)C(=O)C(=O)N2C=C1. The van der Waals surface area contributed by atoms with Crippen LogP contribution in [-0.4, -0.2) is 56.9 Å². The van der Waals surface area contributed by atoms with Gasteiger partial charge in [-0.05, 0) is 30.7 Å². The molecule has 1 aromatic carbocycles. The van der Waals surface area contributed by atoms with E-state index in [1.165, 1.54) is 59.8 Å². The molecular weight excluding hydrogens is 433 g/mol. The molecule has 0 bridgehead atoms. The summed E-state index contributed by atoms with van der Waals surface area (Å²) in [6.07, 6.45) is 5.58. The fourth-order valence-electron chi connectivity index (χ4n) is 3.31. The number of fused-ring (bicyclic) bond motifs is 1. The van der Waals surface area contributed by atoms with E-state index in [0.29, 0.717) is 11.3 Å². The molecule has 0 radical (unpaired) electrons. The standard InChI is InChI=1S/C22H18FN5O5/c1-2-27(21(31)16-7-9-25-33-16)15-8-10-28-17(11-15)26-18(19(29)22(28)32)20(30)24-12-13-3-5-14(23)6-4-13/h3-11,18H,2,12H2,1H3,(H,24,30). The van der Waals surface area contributed by atoms with Gasteiger partial charge in [0.1, 0.15) is 11.7 Å². The molecule has 0 spiro atoms. The van der Waals surface area contributed by atoms with Crippen LogP contribution in [0.15, 0.2) is 70.1 Å². The number of carbonyl (C=O) groups excluding carboxylic acids is 4. The van der Waals surface area contributed by atoms with E-state index in [1.54, 1.807) is 6.92 Å². The molecule has 1 atom stereocenters. The fourth-order valence-corrected chi connectivity index (χ4v) is 3.31. The Labute approximate surface area is 187 Å². The van der Waals surface area contributed by atoms with Crippen LogP contribution in [0.3, 0.4) is 0 Å². The Balaban J connectivity index is 1.56. The number of amides is 3. The zero-order valence-corrected chi connectivity index (χ0v) is 17.4. The monoisotopic (exact) mass is 451 g/mol. The van der Waals surface area contributed by atoms with Crippen molar-refractivity contribution in [1.29, 1.82) is 0 Å². The highest BCUT2D eigenvalue weighted by molar-refractivity contribution is 6.47. The van der Waals surface area contributed by atoms with E-state index in [0.717, 1.165) is 4.90 Å². The Morgan fingerprint density at radius 2 is 1.97 bits per heavy atom. The van der Waals surface area contributed by atoms with Gasteiger partial charge in [0.2, 0.25) is 5.76 Å². The first-order chi connectivity index (χ1) is 15.9. The smallest absolute Gasteiger partial charge is 0.302 e. The quantitative estimate of drug-likeness (QED) is 0.519. The van der Waals surface area contributed by atoms with Gasteiger partial charge in [0, 0.05) is 37.1 Å². The van der Waals surface area contributed by atoms with Gasteiger partial charge in [-0.2, -0.15) is 0 Å². The van der Waals surface area contributed by atoms with Crippen molar-refractivity contribution in [2.45, 2.75) is 19.5 Å². The van der Waals surface area contributed by atoms with Gasteiger partial charge in [-0.25, -0.2) is 9.38 Å². The van der Waals surface area contributed by atoms with Crippen molar-refractivity contribution in [3.05, 3.63) is 77.7 Å². The molecule has 2 aliphatic heterocycles. The Morgan fingerprint density at radius 3 is 2.64 bits per heavy atom. The maximum absolute atomic E-state index is 13.0. The second-order valence-electron chi connectivity index (χ2n) is 7.08. The normalized spacial score (nSPS) is 17.3. The Kier molecular flexibility index (Phi) is 5.94. The van der Waals surface area contributed by atoms with Crippen molar-refractivity contribution in [2.24, 2.45) is 4.99 Å². The van der Waals surface area contributed by atoms with E-state index in [1.807, 2.05) is 0 Å². The first-order valence-electron chi connectivity index (χ1n) is 9.99. The van der Waals surface area contributed by atoms with E-state index in [-0.39, 0.29) is 24.7 Å². The summed E-state index contributed by atoms with van der Waals surface area (Å²) < 4.78 is 18.0. The highest BCUT2D eigenvalue weighted by Gasteiger charge is 2.40. The van der Waals surface area contributed by atoms with Gasteiger partial charge in [-0.3, -0.25) is 24.1 Å². The summed E-state index contributed by atoms with van der Waals surface area (Å²) in [6, 6.07) is 5.32. The predicted octanol–water partition coefficient (Wildman–Crippen LogP) is 1.18. The second kappa shape index (κ2) is 8.99. The number of benzene rings is 1. The molecule has 0 saturated heterocycles. The molecule has 3 heterocycles. The lowest BCUT2D eigenvalue weighted by molar-refractivity contribution is -0.144. The molecule has 1 N–H and O–H groups in total. The lowest BCUT2D eigenvalue weighted by atomic mass is 10.1. The van der Waals surface area contributed by atoms with Crippen LogP contribution in [0.25, 0.3) is 0 Å². The number of Topliss-reactive ketones (excluding diaryl/α,β-unsaturated/α-hetero) is 1. The largest absolute Gasteiger partial charge is 0.351 e. The molecule has 0 saturated carbocycles.